The monoisotopic (exact) mass is 466 g/mol. The highest BCUT2D eigenvalue weighted by atomic mass is 19.4. The van der Waals surface area contributed by atoms with Gasteiger partial charge in [0.25, 0.3) is 0 Å². The van der Waals surface area contributed by atoms with Gasteiger partial charge in [0.15, 0.2) is 0 Å². The maximum absolute atomic E-state index is 13.0. The molecule has 4 fully saturated rings. The van der Waals surface area contributed by atoms with Crippen molar-refractivity contribution >= 4 is 5.78 Å². The molecule has 0 radical (unpaired) electrons. The number of alkyl halides is 3. The fourth-order valence-electron chi connectivity index (χ4n) is 10.2. The van der Waals surface area contributed by atoms with Crippen LogP contribution in [0.5, 0.6) is 0 Å². The molecule has 0 aromatic carbocycles. The average Bonchev–Trinajstić information content (AvgIpc) is 3.30. The Hall–Kier alpha value is -0.840. The Bertz CT molecular complexity index is 903. The Morgan fingerprint density at radius 3 is 2.36 bits per heavy atom. The van der Waals surface area contributed by atoms with Gasteiger partial charge in [-0.05, 0) is 96.7 Å². The van der Waals surface area contributed by atoms with E-state index in [2.05, 4.69) is 27.7 Å². The van der Waals surface area contributed by atoms with E-state index in [4.69, 9.17) is 4.74 Å². The number of carbonyl (C=O) groups excluding carboxylic acids is 1. The lowest BCUT2D eigenvalue weighted by Gasteiger charge is -2.57. The van der Waals surface area contributed by atoms with E-state index < -0.39 is 12.0 Å². The molecule has 0 saturated heterocycles. The van der Waals surface area contributed by atoms with Gasteiger partial charge in [-0.2, -0.15) is 13.2 Å². The molecule has 33 heavy (non-hydrogen) atoms. The molecule has 2 nitrogen and oxygen atoms in total. The van der Waals surface area contributed by atoms with Gasteiger partial charge in [-0.15, -0.1) is 0 Å². The summed E-state index contributed by atoms with van der Waals surface area (Å²) in [6, 6.07) is 0. The summed E-state index contributed by atoms with van der Waals surface area (Å²) >= 11 is 0. The maximum Gasteiger partial charge on any atom is 0.449 e. The van der Waals surface area contributed by atoms with Crippen LogP contribution >= 0.6 is 0 Å². The highest BCUT2D eigenvalue weighted by Gasteiger charge is 2.78. The average molecular weight is 467 g/mol. The SMILES string of the molecule is CO[C@@H]1CC[C@]23C[C@]24CC[C@@]2(C)C(=C4CC[C@H]3C1(C)C)CC[C@@]2(C)[C@H](C)CC(=O)C(F)(F)F. The van der Waals surface area contributed by atoms with Gasteiger partial charge < -0.3 is 4.74 Å². The fourth-order valence-corrected chi connectivity index (χ4v) is 10.2. The number of halogens is 3. The highest BCUT2D eigenvalue weighted by molar-refractivity contribution is 5.84. The van der Waals surface area contributed by atoms with E-state index in [1.165, 1.54) is 25.7 Å². The predicted molar refractivity (Wildman–Crippen MR) is 123 cm³/mol. The molecular formula is C28H41F3O2. The molecular weight excluding hydrogens is 425 g/mol. The summed E-state index contributed by atoms with van der Waals surface area (Å²) < 4.78 is 45.0. The van der Waals surface area contributed by atoms with E-state index in [0.717, 1.165) is 32.1 Å². The number of allylic oxidation sites excluding steroid dienone is 2. The molecule has 0 unspecified atom stereocenters. The standard InChI is InChI=1S/C28H41F3O2/c1-17(15-21(32)28(29,30)31)24(4)11-9-18-19-7-8-20-23(2,3)22(33-6)10-12-27(20)16-26(19,27)14-13-25(18,24)5/h17,20,22H,7-16H2,1-6H3/t17-,20+,22-,24+,25+,26+,27-/m1/s1. The van der Waals surface area contributed by atoms with Gasteiger partial charge in [-0.3, -0.25) is 4.79 Å². The van der Waals surface area contributed by atoms with Crippen molar-refractivity contribution in [3.8, 4) is 0 Å². The van der Waals surface area contributed by atoms with Crippen LogP contribution in [0.2, 0.25) is 0 Å². The first kappa shape index (κ1) is 23.9. The molecule has 0 amide bonds. The summed E-state index contributed by atoms with van der Waals surface area (Å²) in [4.78, 5) is 11.8. The molecule has 5 heteroatoms. The Morgan fingerprint density at radius 2 is 1.73 bits per heavy atom. The molecule has 0 bridgehead atoms. The van der Waals surface area contributed by atoms with Crippen molar-refractivity contribution in [1.29, 1.82) is 0 Å². The van der Waals surface area contributed by atoms with Crippen LogP contribution in [0.25, 0.3) is 0 Å². The lowest BCUT2D eigenvalue weighted by atomic mass is 9.48. The van der Waals surface area contributed by atoms with Gasteiger partial charge in [0.1, 0.15) is 0 Å². The summed E-state index contributed by atoms with van der Waals surface area (Å²) in [6.07, 6.45) is 5.38. The molecule has 5 aliphatic carbocycles. The van der Waals surface area contributed by atoms with Crippen molar-refractivity contribution in [2.45, 2.75) is 111 Å². The second kappa shape index (κ2) is 6.89. The normalized spacial score (nSPS) is 46.7. The molecule has 0 aromatic heterocycles. The zero-order valence-corrected chi connectivity index (χ0v) is 21.3. The molecule has 0 aromatic rings. The lowest BCUT2D eigenvalue weighted by Crippen LogP contribution is -2.51. The van der Waals surface area contributed by atoms with Crippen LogP contribution in [0.1, 0.15) is 98.8 Å². The second-order valence-corrected chi connectivity index (χ2v) is 13.3. The number of methoxy groups -OCH3 is 1. The van der Waals surface area contributed by atoms with Crippen molar-refractivity contribution in [2.75, 3.05) is 7.11 Å². The van der Waals surface area contributed by atoms with Gasteiger partial charge in [-0.25, -0.2) is 0 Å². The van der Waals surface area contributed by atoms with Gasteiger partial charge in [0, 0.05) is 13.5 Å². The van der Waals surface area contributed by atoms with Gasteiger partial charge in [0.05, 0.1) is 6.10 Å². The number of Topliss-reactive ketones (excluding diaryl/α,β-unsaturated/α-hetero) is 1. The highest BCUT2D eigenvalue weighted by Crippen LogP contribution is 2.86. The van der Waals surface area contributed by atoms with Crippen molar-refractivity contribution in [1.82, 2.24) is 0 Å². The number of ketones is 1. The van der Waals surface area contributed by atoms with E-state index in [0.29, 0.717) is 22.9 Å². The maximum atomic E-state index is 13.0. The zero-order chi connectivity index (χ0) is 24.2. The molecule has 5 aliphatic rings. The quantitative estimate of drug-likeness (QED) is 0.398. The third-order valence-corrected chi connectivity index (χ3v) is 12.4. The smallest absolute Gasteiger partial charge is 0.381 e. The molecule has 2 spiro atoms. The third kappa shape index (κ3) is 2.81. The van der Waals surface area contributed by atoms with E-state index in [1.54, 1.807) is 11.1 Å². The van der Waals surface area contributed by atoms with Crippen molar-refractivity contribution in [2.24, 2.45) is 38.9 Å². The van der Waals surface area contributed by atoms with Crippen LogP contribution in [-0.2, 0) is 9.53 Å². The van der Waals surface area contributed by atoms with Crippen LogP contribution in [0.3, 0.4) is 0 Å². The minimum Gasteiger partial charge on any atom is -0.381 e. The van der Waals surface area contributed by atoms with Gasteiger partial charge in [0.2, 0.25) is 5.78 Å². The van der Waals surface area contributed by atoms with E-state index in [1.807, 2.05) is 14.0 Å². The third-order valence-electron chi connectivity index (χ3n) is 12.4. The first-order valence-electron chi connectivity index (χ1n) is 13.1. The zero-order valence-electron chi connectivity index (χ0n) is 21.3. The molecule has 0 N–H and O–H groups in total. The minimum absolute atomic E-state index is 0.0885. The molecule has 7 atom stereocenters. The predicted octanol–water partition coefficient (Wildman–Crippen LogP) is 7.66. The van der Waals surface area contributed by atoms with Gasteiger partial charge >= 0.3 is 6.18 Å². The van der Waals surface area contributed by atoms with Crippen LogP contribution in [0.15, 0.2) is 11.1 Å². The molecule has 0 heterocycles. The lowest BCUT2D eigenvalue weighted by molar-refractivity contribution is -0.173. The molecule has 4 saturated carbocycles. The summed E-state index contributed by atoms with van der Waals surface area (Å²) in [5.74, 6) is -1.15. The Kier molecular flexibility index (Phi) is 4.98. The Labute approximate surface area is 197 Å². The first-order chi connectivity index (χ1) is 15.2. The number of rotatable bonds is 4. The minimum atomic E-state index is -4.73. The Morgan fingerprint density at radius 1 is 1.03 bits per heavy atom. The number of hydrogen-bond donors (Lipinski definition) is 0. The van der Waals surface area contributed by atoms with E-state index in [-0.39, 0.29) is 28.6 Å². The number of ether oxygens (including phenoxy) is 1. The topological polar surface area (TPSA) is 26.3 Å². The van der Waals surface area contributed by atoms with Crippen molar-refractivity contribution < 1.29 is 22.7 Å². The fraction of sp³-hybridized carbons (Fsp3) is 0.893. The van der Waals surface area contributed by atoms with Crippen LogP contribution < -0.4 is 0 Å². The summed E-state index contributed by atoms with van der Waals surface area (Å²) in [5.41, 5.74) is 3.84. The van der Waals surface area contributed by atoms with Crippen LogP contribution in [0.4, 0.5) is 13.2 Å². The van der Waals surface area contributed by atoms with Crippen molar-refractivity contribution in [3.05, 3.63) is 11.1 Å². The van der Waals surface area contributed by atoms with Crippen LogP contribution in [0, 0.1) is 38.9 Å². The number of fused-ring (bicyclic) bond motifs is 1. The summed E-state index contributed by atoms with van der Waals surface area (Å²) in [6.45, 7) is 11.2. The largest absolute Gasteiger partial charge is 0.449 e. The summed E-state index contributed by atoms with van der Waals surface area (Å²) in [7, 11) is 1.86. The molecule has 0 aliphatic heterocycles. The van der Waals surface area contributed by atoms with Crippen molar-refractivity contribution in [3.63, 3.8) is 0 Å². The molecule has 186 valence electrons. The second-order valence-electron chi connectivity index (χ2n) is 13.3. The van der Waals surface area contributed by atoms with Gasteiger partial charge in [-0.1, -0.05) is 45.8 Å². The summed E-state index contributed by atoms with van der Waals surface area (Å²) in [5, 5.41) is 0. The Balaban J connectivity index is 1.48. The number of carbonyl (C=O) groups is 1. The number of hydrogen-bond acceptors (Lipinski definition) is 2. The van der Waals surface area contributed by atoms with E-state index in [9.17, 15) is 18.0 Å². The van der Waals surface area contributed by atoms with E-state index >= 15 is 0 Å². The first-order valence-corrected chi connectivity index (χ1v) is 13.1. The van der Waals surface area contributed by atoms with Crippen LogP contribution in [-0.4, -0.2) is 25.2 Å². The molecule has 5 rings (SSSR count).